The molecule has 0 atom stereocenters. The molecule has 4 nitrogen and oxygen atoms in total. The highest BCUT2D eigenvalue weighted by Crippen LogP contribution is 2.49. The maximum absolute atomic E-state index is 4.96. The van der Waals surface area contributed by atoms with E-state index < -0.39 is 0 Å². The number of rotatable bonds is 6. The molecule has 0 radical (unpaired) electrons. The maximum Gasteiger partial charge on any atom is 0.164 e. The number of fused-ring (bicyclic) bond motifs is 5. The average Bonchev–Trinajstić information content (AvgIpc) is 3.63. The van der Waals surface area contributed by atoms with E-state index in [2.05, 4.69) is 152 Å². The van der Waals surface area contributed by atoms with E-state index >= 15 is 0 Å². The minimum Gasteiger partial charge on any atom is -0.309 e. The average molecular weight is 743 g/mol. The highest BCUT2D eigenvalue weighted by molar-refractivity contribution is 6.13. The molecule has 58 heavy (non-hydrogen) atoms. The van der Waals surface area contributed by atoms with Crippen molar-refractivity contribution in [3.8, 4) is 73.2 Å². The van der Waals surface area contributed by atoms with E-state index in [0.29, 0.717) is 17.5 Å². The van der Waals surface area contributed by atoms with E-state index in [9.17, 15) is 0 Å². The number of benzene rings is 8. The third-order valence-corrected chi connectivity index (χ3v) is 11.8. The van der Waals surface area contributed by atoms with Crippen molar-refractivity contribution in [1.29, 1.82) is 0 Å². The molecule has 0 saturated heterocycles. The molecule has 1 aliphatic rings. The van der Waals surface area contributed by atoms with Gasteiger partial charge in [0.05, 0.1) is 16.7 Å². The van der Waals surface area contributed by atoms with Crippen LogP contribution in [0.15, 0.2) is 194 Å². The molecule has 274 valence electrons. The lowest BCUT2D eigenvalue weighted by molar-refractivity contribution is 0.630. The predicted molar refractivity (Wildman–Crippen MR) is 239 cm³/mol. The summed E-state index contributed by atoms with van der Waals surface area (Å²) in [4.78, 5) is 14.8. The van der Waals surface area contributed by atoms with Gasteiger partial charge in [0.25, 0.3) is 0 Å². The fourth-order valence-electron chi connectivity index (χ4n) is 8.84. The first-order chi connectivity index (χ1) is 28.5. The molecule has 11 rings (SSSR count). The topological polar surface area (TPSA) is 43.6 Å². The van der Waals surface area contributed by atoms with E-state index in [1.807, 2.05) is 60.7 Å². The molecule has 8 aromatic carbocycles. The van der Waals surface area contributed by atoms with Crippen LogP contribution in [0, 0.1) is 0 Å². The van der Waals surface area contributed by atoms with Gasteiger partial charge < -0.3 is 4.57 Å². The first-order valence-corrected chi connectivity index (χ1v) is 19.9. The first kappa shape index (κ1) is 33.9. The summed E-state index contributed by atoms with van der Waals surface area (Å²) in [7, 11) is 0. The molecule has 0 aliphatic carbocycles. The Morgan fingerprint density at radius 1 is 0.345 bits per heavy atom. The summed E-state index contributed by atoms with van der Waals surface area (Å²) in [6.45, 7) is 4.74. The van der Waals surface area contributed by atoms with Gasteiger partial charge in [-0.1, -0.05) is 172 Å². The van der Waals surface area contributed by atoms with Crippen molar-refractivity contribution in [3.63, 3.8) is 0 Å². The van der Waals surface area contributed by atoms with Crippen LogP contribution in [-0.2, 0) is 5.41 Å². The smallest absolute Gasteiger partial charge is 0.164 e. The van der Waals surface area contributed by atoms with Crippen LogP contribution in [0.25, 0.3) is 95.0 Å². The van der Waals surface area contributed by atoms with E-state index in [1.165, 1.54) is 60.9 Å². The Balaban J connectivity index is 0.948. The number of hydrogen-bond donors (Lipinski definition) is 0. The molecule has 0 N–H and O–H groups in total. The fraction of sp³-hybridized carbons (Fsp3) is 0.0556. The van der Waals surface area contributed by atoms with Gasteiger partial charge in [-0.15, -0.1) is 0 Å². The largest absolute Gasteiger partial charge is 0.309 e. The minimum atomic E-state index is -0.155. The zero-order valence-corrected chi connectivity index (χ0v) is 32.3. The van der Waals surface area contributed by atoms with E-state index in [1.54, 1.807) is 0 Å². The maximum atomic E-state index is 4.96. The molecule has 0 unspecified atom stereocenters. The first-order valence-electron chi connectivity index (χ1n) is 19.9. The summed E-state index contributed by atoms with van der Waals surface area (Å²) in [6, 6.07) is 69.1. The Labute approximate surface area is 337 Å². The predicted octanol–water partition coefficient (Wildman–Crippen LogP) is 13.6. The molecule has 0 amide bonds. The van der Waals surface area contributed by atoms with Crippen molar-refractivity contribution in [2.45, 2.75) is 19.3 Å². The van der Waals surface area contributed by atoms with Crippen molar-refractivity contribution in [2.24, 2.45) is 0 Å². The van der Waals surface area contributed by atoms with Crippen LogP contribution in [0.2, 0.25) is 0 Å². The monoisotopic (exact) mass is 742 g/mol. The van der Waals surface area contributed by atoms with Gasteiger partial charge in [0, 0.05) is 32.9 Å². The van der Waals surface area contributed by atoms with Gasteiger partial charge in [-0.3, -0.25) is 0 Å². The molecule has 0 saturated carbocycles. The Morgan fingerprint density at radius 3 is 1.47 bits per heavy atom. The Kier molecular flexibility index (Phi) is 7.80. The van der Waals surface area contributed by atoms with Crippen molar-refractivity contribution in [1.82, 2.24) is 19.5 Å². The van der Waals surface area contributed by atoms with E-state index in [0.717, 1.165) is 27.8 Å². The number of aromatic nitrogens is 4. The third kappa shape index (κ3) is 5.56. The fourth-order valence-corrected chi connectivity index (χ4v) is 8.84. The summed E-state index contributed by atoms with van der Waals surface area (Å²) in [5, 5.41) is 2.58. The molecule has 0 spiro atoms. The second-order valence-corrected chi connectivity index (χ2v) is 15.7. The second kappa shape index (κ2) is 13.4. The quantitative estimate of drug-likeness (QED) is 0.170. The van der Waals surface area contributed by atoms with E-state index in [-0.39, 0.29) is 5.41 Å². The van der Waals surface area contributed by atoms with Crippen molar-refractivity contribution in [2.75, 3.05) is 0 Å². The van der Waals surface area contributed by atoms with Crippen LogP contribution in [0.4, 0.5) is 0 Å². The zero-order valence-electron chi connectivity index (χ0n) is 32.3. The van der Waals surface area contributed by atoms with Crippen LogP contribution in [0.1, 0.15) is 25.0 Å². The molecule has 0 bridgehead atoms. The zero-order chi connectivity index (χ0) is 38.8. The van der Waals surface area contributed by atoms with Crippen molar-refractivity contribution < 1.29 is 0 Å². The molecule has 2 aromatic heterocycles. The lowest BCUT2D eigenvalue weighted by Crippen LogP contribution is -2.26. The Morgan fingerprint density at radius 2 is 0.828 bits per heavy atom. The van der Waals surface area contributed by atoms with Gasteiger partial charge >= 0.3 is 0 Å². The summed E-state index contributed by atoms with van der Waals surface area (Å²) in [5.74, 6) is 1.95. The summed E-state index contributed by atoms with van der Waals surface area (Å²) >= 11 is 0. The summed E-state index contributed by atoms with van der Waals surface area (Å²) < 4.78 is 2.48. The Bertz CT molecular complexity index is 3120. The highest BCUT2D eigenvalue weighted by Gasteiger charge is 2.35. The standard InChI is InChI=1S/C54H38N4/c1-54(2)46-24-10-12-26-49(46)58-48-25-11-9-23-44(48)45-33-43(34-47(54)50(45)58)41-21-13-19-39(31-41)35-27-29-36(30-28-35)40-20-14-22-42(32-40)53-56-51(37-15-5-3-6-16-37)55-52(57-53)38-17-7-4-8-18-38/h3-34H,1-2H3. The van der Waals surface area contributed by atoms with Crippen LogP contribution in [0.5, 0.6) is 0 Å². The second-order valence-electron chi connectivity index (χ2n) is 15.7. The highest BCUT2D eigenvalue weighted by atomic mass is 15.0. The van der Waals surface area contributed by atoms with Crippen LogP contribution in [0.3, 0.4) is 0 Å². The van der Waals surface area contributed by atoms with Gasteiger partial charge in [0.2, 0.25) is 0 Å². The molecule has 0 fully saturated rings. The molecule has 1 aliphatic heterocycles. The number of nitrogens with zero attached hydrogens (tertiary/aromatic N) is 4. The summed E-state index contributed by atoms with van der Waals surface area (Å²) in [5.41, 5.74) is 16.3. The van der Waals surface area contributed by atoms with Gasteiger partial charge in [-0.25, -0.2) is 15.0 Å². The van der Waals surface area contributed by atoms with E-state index in [4.69, 9.17) is 15.0 Å². The van der Waals surface area contributed by atoms with Gasteiger partial charge in [-0.2, -0.15) is 0 Å². The SMILES string of the molecule is CC1(C)c2ccccc2-n2c3ccccc3c3cc(-c4cccc(-c5ccc(-c6cccc(-c7nc(-c8ccccc8)nc(-c8ccccc8)n7)c6)cc5)c4)cc1c32. The van der Waals surface area contributed by atoms with Crippen LogP contribution in [-0.4, -0.2) is 19.5 Å². The third-order valence-electron chi connectivity index (χ3n) is 11.8. The number of para-hydroxylation sites is 2. The van der Waals surface area contributed by atoms with Gasteiger partial charge in [0.1, 0.15) is 0 Å². The lowest BCUT2D eigenvalue weighted by atomic mass is 9.74. The molecular weight excluding hydrogens is 705 g/mol. The van der Waals surface area contributed by atoms with Gasteiger partial charge in [-0.05, 0) is 80.9 Å². The molecule has 10 aromatic rings. The minimum absolute atomic E-state index is 0.155. The van der Waals surface area contributed by atoms with Crippen LogP contribution < -0.4 is 0 Å². The molecular formula is C54H38N4. The lowest BCUT2D eigenvalue weighted by Gasteiger charge is -2.35. The number of hydrogen-bond acceptors (Lipinski definition) is 3. The normalized spacial score (nSPS) is 12.8. The molecule has 3 heterocycles. The van der Waals surface area contributed by atoms with Gasteiger partial charge in [0.15, 0.2) is 17.5 Å². The van der Waals surface area contributed by atoms with Crippen molar-refractivity contribution in [3.05, 3.63) is 205 Å². The Hall–Kier alpha value is -7.43. The van der Waals surface area contributed by atoms with Crippen LogP contribution >= 0.6 is 0 Å². The summed E-state index contributed by atoms with van der Waals surface area (Å²) in [6.07, 6.45) is 0. The van der Waals surface area contributed by atoms with Crippen molar-refractivity contribution >= 4 is 21.8 Å². The molecule has 4 heteroatoms.